The molecule has 0 aliphatic carbocycles. The van der Waals surface area contributed by atoms with Gasteiger partial charge in [-0.25, -0.2) is 0 Å². The van der Waals surface area contributed by atoms with Crippen molar-refractivity contribution in [3.8, 4) is 0 Å². The first kappa shape index (κ1) is 14.5. The Morgan fingerprint density at radius 3 is 2.58 bits per heavy atom. The van der Waals surface area contributed by atoms with Crippen molar-refractivity contribution in [3.05, 3.63) is 30.1 Å². The Balaban J connectivity index is 1.76. The maximum Gasteiger partial charge on any atom is 0.0570 e. The van der Waals surface area contributed by atoms with Gasteiger partial charge in [-0.2, -0.15) is 0 Å². The zero-order valence-electron chi connectivity index (χ0n) is 12.5. The SMILES string of the molecule is CC(C)CN1CCC(N[C@H](C)c2ccccn2)CC1. The second-order valence-corrected chi connectivity index (χ2v) is 6.11. The fraction of sp³-hybridized carbons (Fsp3) is 0.688. The van der Waals surface area contributed by atoms with E-state index in [4.69, 9.17) is 0 Å². The maximum absolute atomic E-state index is 4.43. The molecule has 1 saturated heterocycles. The van der Waals surface area contributed by atoms with Crippen molar-refractivity contribution in [1.82, 2.24) is 15.2 Å². The molecule has 2 heterocycles. The maximum atomic E-state index is 4.43. The number of aromatic nitrogens is 1. The Morgan fingerprint density at radius 1 is 1.26 bits per heavy atom. The first-order chi connectivity index (χ1) is 9.15. The average molecular weight is 261 g/mol. The lowest BCUT2D eigenvalue weighted by Gasteiger charge is -2.34. The zero-order chi connectivity index (χ0) is 13.7. The molecule has 106 valence electrons. The highest BCUT2D eigenvalue weighted by Gasteiger charge is 2.21. The van der Waals surface area contributed by atoms with E-state index in [9.17, 15) is 0 Å². The van der Waals surface area contributed by atoms with E-state index in [0.717, 1.165) is 11.6 Å². The summed E-state index contributed by atoms with van der Waals surface area (Å²) < 4.78 is 0. The van der Waals surface area contributed by atoms with Crippen molar-refractivity contribution in [3.63, 3.8) is 0 Å². The van der Waals surface area contributed by atoms with Crippen LogP contribution in [-0.4, -0.2) is 35.6 Å². The number of likely N-dealkylation sites (tertiary alicyclic amines) is 1. The Morgan fingerprint density at radius 2 is 2.00 bits per heavy atom. The fourth-order valence-corrected chi connectivity index (χ4v) is 2.87. The molecule has 1 aromatic heterocycles. The van der Waals surface area contributed by atoms with Crippen molar-refractivity contribution in [2.45, 2.75) is 45.7 Å². The van der Waals surface area contributed by atoms with Crippen molar-refractivity contribution >= 4 is 0 Å². The van der Waals surface area contributed by atoms with Crippen molar-refractivity contribution in [1.29, 1.82) is 0 Å². The van der Waals surface area contributed by atoms with E-state index >= 15 is 0 Å². The van der Waals surface area contributed by atoms with Crippen LogP contribution in [0.2, 0.25) is 0 Å². The number of hydrogen-bond donors (Lipinski definition) is 1. The summed E-state index contributed by atoms with van der Waals surface area (Å²) in [7, 11) is 0. The fourth-order valence-electron chi connectivity index (χ4n) is 2.87. The molecule has 0 bridgehead atoms. The second kappa shape index (κ2) is 7.01. The number of rotatable bonds is 5. The van der Waals surface area contributed by atoms with Gasteiger partial charge in [0, 0.05) is 24.8 Å². The van der Waals surface area contributed by atoms with Crippen LogP contribution in [0.1, 0.15) is 45.3 Å². The molecule has 0 aromatic carbocycles. The van der Waals surface area contributed by atoms with Crippen LogP contribution in [0, 0.1) is 5.92 Å². The molecule has 0 saturated carbocycles. The van der Waals surface area contributed by atoms with Gasteiger partial charge in [0.15, 0.2) is 0 Å². The lowest BCUT2D eigenvalue weighted by molar-refractivity contribution is 0.175. The number of pyridine rings is 1. The van der Waals surface area contributed by atoms with E-state index in [1.165, 1.54) is 32.5 Å². The summed E-state index contributed by atoms with van der Waals surface area (Å²) >= 11 is 0. The van der Waals surface area contributed by atoms with Gasteiger partial charge in [0.1, 0.15) is 0 Å². The predicted molar refractivity (Wildman–Crippen MR) is 80.1 cm³/mol. The minimum absolute atomic E-state index is 0.350. The van der Waals surface area contributed by atoms with Crippen molar-refractivity contribution in [2.75, 3.05) is 19.6 Å². The van der Waals surface area contributed by atoms with Gasteiger partial charge in [0.2, 0.25) is 0 Å². The Labute approximate surface area is 117 Å². The van der Waals surface area contributed by atoms with Gasteiger partial charge in [0.25, 0.3) is 0 Å². The standard InChI is InChI=1S/C16H27N3/c1-13(2)12-19-10-7-15(8-11-19)18-14(3)16-6-4-5-9-17-16/h4-6,9,13-15,18H,7-8,10-12H2,1-3H3/t14-/m1/s1. The molecule has 2 rings (SSSR count). The summed E-state index contributed by atoms with van der Waals surface area (Å²) in [6.45, 7) is 10.5. The van der Waals surface area contributed by atoms with Crippen LogP contribution in [0.3, 0.4) is 0 Å². The Hall–Kier alpha value is -0.930. The van der Waals surface area contributed by atoms with Crippen LogP contribution in [0.4, 0.5) is 0 Å². The van der Waals surface area contributed by atoms with E-state index in [1.807, 2.05) is 12.3 Å². The van der Waals surface area contributed by atoms with Crippen LogP contribution in [0.5, 0.6) is 0 Å². The lowest BCUT2D eigenvalue weighted by atomic mass is 10.0. The highest BCUT2D eigenvalue weighted by Crippen LogP contribution is 2.16. The predicted octanol–water partition coefficient (Wildman–Crippen LogP) is 2.85. The molecule has 19 heavy (non-hydrogen) atoms. The molecule has 3 nitrogen and oxygen atoms in total. The van der Waals surface area contributed by atoms with Crippen LogP contribution >= 0.6 is 0 Å². The largest absolute Gasteiger partial charge is 0.306 e. The normalized spacial score (nSPS) is 19.8. The number of nitrogens with one attached hydrogen (secondary N) is 1. The molecule has 0 radical (unpaired) electrons. The van der Waals surface area contributed by atoms with E-state index in [1.54, 1.807) is 0 Å². The van der Waals surface area contributed by atoms with E-state index in [2.05, 4.69) is 48.1 Å². The third kappa shape index (κ3) is 4.59. The first-order valence-corrected chi connectivity index (χ1v) is 7.54. The van der Waals surface area contributed by atoms with Gasteiger partial charge in [-0.1, -0.05) is 19.9 Å². The zero-order valence-corrected chi connectivity index (χ0v) is 12.5. The van der Waals surface area contributed by atoms with Crippen LogP contribution in [0.15, 0.2) is 24.4 Å². The quantitative estimate of drug-likeness (QED) is 0.883. The smallest absolute Gasteiger partial charge is 0.0570 e. The van der Waals surface area contributed by atoms with Gasteiger partial charge in [-0.3, -0.25) is 4.98 Å². The van der Waals surface area contributed by atoms with Crippen LogP contribution in [-0.2, 0) is 0 Å². The summed E-state index contributed by atoms with van der Waals surface area (Å²) in [5, 5.41) is 3.72. The topological polar surface area (TPSA) is 28.2 Å². The Kier molecular flexibility index (Phi) is 5.34. The summed E-state index contributed by atoms with van der Waals surface area (Å²) in [4.78, 5) is 7.02. The molecule has 1 aromatic rings. The highest BCUT2D eigenvalue weighted by molar-refractivity contribution is 5.08. The van der Waals surface area contributed by atoms with E-state index in [-0.39, 0.29) is 0 Å². The molecule has 1 N–H and O–H groups in total. The molecule has 0 amide bonds. The van der Waals surface area contributed by atoms with Gasteiger partial charge < -0.3 is 10.2 Å². The molecule has 3 heteroatoms. The van der Waals surface area contributed by atoms with Gasteiger partial charge in [0.05, 0.1) is 5.69 Å². The Bertz CT molecular complexity index is 356. The third-order valence-corrected chi connectivity index (χ3v) is 3.83. The first-order valence-electron chi connectivity index (χ1n) is 7.54. The number of piperidine rings is 1. The molecule has 1 atom stereocenters. The minimum atomic E-state index is 0.350. The van der Waals surface area contributed by atoms with Gasteiger partial charge in [-0.05, 0) is 50.9 Å². The van der Waals surface area contributed by atoms with Crippen LogP contribution < -0.4 is 5.32 Å². The molecule has 1 aliphatic rings. The molecule has 1 fully saturated rings. The number of nitrogens with zero attached hydrogens (tertiary/aromatic N) is 2. The van der Waals surface area contributed by atoms with E-state index in [0.29, 0.717) is 12.1 Å². The van der Waals surface area contributed by atoms with Gasteiger partial charge >= 0.3 is 0 Å². The lowest BCUT2D eigenvalue weighted by Crippen LogP contribution is -2.44. The molecular weight excluding hydrogens is 234 g/mol. The second-order valence-electron chi connectivity index (χ2n) is 6.11. The molecule has 0 spiro atoms. The van der Waals surface area contributed by atoms with Crippen LogP contribution in [0.25, 0.3) is 0 Å². The summed E-state index contributed by atoms with van der Waals surface area (Å²) in [6.07, 6.45) is 4.38. The molecule has 1 aliphatic heterocycles. The average Bonchev–Trinajstić information content (AvgIpc) is 2.41. The van der Waals surface area contributed by atoms with Crippen molar-refractivity contribution in [2.24, 2.45) is 5.92 Å². The monoisotopic (exact) mass is 261 g/mol. The van der Waals surface area contributed by atoms with Gasteiger partial charge in [-0.15, -0.1) is 0 Å². The highest BCUT2D eigenvalue weighted by atomic mass is 15.1. The minimum Gasteiger partial charge on any atom is -0.306 e. The van der Waals surface area contributed by atoms with Crippen molar-refractivity contribution < 1.29 is 0 Å². The summed E-state index contributed by atoms with van der Waals surface area (Å²) in [6, 6.07) is 7.13. The third-order valence-electron chi connectivity index (χ3n) is 3.83. The summed E-state index contributed by atoms with van der Waals surface area (Å²) in [5.41, 5.74) is 1.15. The molecule has 0 unspecified atom stereocenters. The number of hydrogen-bond acceptors (Lipinski definition) is 3. The molecular formula is C16H27N3. The summed E-state index contributed by atoms with van der Waals surface area (Å²) in [5.74, 6) is 0.775. The van der Waals surface area contributed by atoms with E-state index < -0.39 is 0 Å².